The van der Waals surface area contributed by atoms with Crippen LogP contribution in [0, 0.1) is 23.7 Å². The molecule has 1 amide bonds. The van der Waals surface area contributed by atoms with Crippen LogP contribution in [0.3, 0.4) is 0 Å². The summed E-state index contributed by atoms with van der Waals surface area (Å²) in [5.41, 5.74) is -3.66. The van der Waals surface area contributed by atoms with Crippen LogP contribution in [0.4, 0.5) is 0 Å². The molecule has 15 atom stereocenters. The molecular weight excluding hydrogens is 550 g/mol. The van der Waals surface area contributed by atoms with Gasteiger partial charge in [-0.3, -0.25) is 9.59 Å². The van der Waals surface area contributed by atoms with E-state index in [-0.39, 0.29) is 18.7 Å². The third-order valence-corrected chi connectivity index (χ3v) is 9.64. The Morgan fingerprint density at radius 2 is 1.57 bits per heavy atom. The number of hydrogen-bond donors (Lipinski definition) is 6. The monoisotopic (exact) mass is 605 g/mol. The van der Waals surface area contributed by atoms with E-state index in [4.69, 9.17) is 14.2 Å². The van der Waals surface area contributed by atoms with Crippen LogP contribution in [0.5, 0.6) is 0 Å². The van der Waals surface area contributed by atoms with Crippen LogP contribution >= 0.6 is 0 Å². The van der Waals surface area contributed by atoms with Crippen molar-refractivity contribution in [1.82, 2.24) is 4.90 Å². The number of ether oxygens (including phenoxy) is 3. The first-order valence-corrected chi connectivity index (χ1v) is 15.1. The van der Waals surface area contributed by atoms with Gasteiger partial charge in [0.2, 0.25) is 5.91 Å². The van der Waals surface area contributed by atoms with E-state index in [1.807, 2.05) is 0 Å². The first-order valence-electron chi connectivity index (χ1n) is 15.1. The number of likely N-dealkylation sites (N-methyl/N-ethyl adjacent to an activating group) is 1. The third kappa shape index (κ3) is 7.82. The highest BCUT2D eigenvalue weighted by Crippen LogP contribution is 2.38. The summed E-state index contributed by atoms with van der Waals surface area (Å²) in [6.45, 7) is 14.0. The predicted octanol–water partition coefficient (Wildman–Crippen LogP) is 0.569. The minimum absolute atomic E-state index is 0.0692. The van der Waals surface area contributed by atoms with Crippen LogP contribution in [-0.4, -0.2) is 121 Å². The number of aliphatic hydroxyl groups excluding tert-OH is 4. The Morgan fingerprint density at radius 3 is 2.10 bits per heavy atom. The zero-order valence-corrected chi connectivity index (χ0v) is 26.8. The molecule has 0 radical (unpaired) electrons. The third-order valence-electron chi connectivity index (χ3n) is 9.64. The van der Waals surface area contributed by atoms with Gasteiger partial charge in [-0.1, -0.05) is 27.7 Å². The van der Waals surface area contributed by atoms with Crippen molar-refractivity contribution in [2.45, 2.75) is 148 Å². The number of cyclic esters (lactones) is 1. The predicted molar refractivity (Wildman–Crippen MR) is 153 cm³/mol. The van der Waals surface area contributed by atoms with E-state index >= 15 is 0 Å². The van der Waals surface area contributed by atoms with Crippen LogP contribution in [0.1, 0.15) is 81.6 Å². The van der Waals surface area contributed by atoms with Gasteiger partial charge in [-0.15, -0.1) is 0 Å². The Labute approximate surface area is 249 Å². The molecule has 12 heteroatoms. The molecule has 2 aliphatic rings. The van der Waals surface area contributed by atoms with Crippen molar-refractivity contribution in [1.29, 1.82) is 0 Å². The molecule has 0 aliphatic carbocycles. The fraction of sp³-hybridized carbons (Fsp3) is 0.933. The van der Waals surface area contributed by atoms with Gasteiger partial charge in [-0.25, -0.2) is 0 Å². The van der Waals surface area contributed by atoms with Crippen LogP contribution in [0.15, 0.2) is 0 Å². The number of carbonyl (C=O) groups excluding carboxylic acids is 2. The van der Waals surface area contributed by atoms with E-state index < -0.39 is 95.9 Å². The molecule has 0 aromatic heterocycles. The molecule has 0 aromatic rings. The van der Waals surface area contributed by atoms with Gasteiger partial charge in [0.1, 0.15) is 17.8 Å². The first kappa shape index (κ1) is 36.8. The minimum Gasteiger partial charge on any atom is -0.459 e. The molecule has 2 rings (SSSR count). The van der Waals surface area contributed by atoms with Gasteiger partial charge in [-0.05, 0) is 52.9 Å². The number of amides is 1. The van der Waals surface area contributed by atoms with Gasteiger partial charge in [0, 0.05) is 25.8 Å². The van der Waals surface area contributed by atoms with Gasteiger partial charge in [-0.2, -0.15) is 0 Å². The molecule has 0 bridgehead atoms. The maximum Gasteiger partial charge on any atom is 0.311 e. The van der Waals surface area contributed by atoms with Crippen molar-refractivity contribution in [3.05, 3.63) is 0 Å². The molecule has 2 heterocycles. The summed E-state index contributed by atoms with van der Waals surface area (Å²) in [7, 11) is 1.57. The molecule has 2 saturated heterocycles. The maximum absolute atomic E-state index is 13.2. The lowest BCUT2D eigenvalue weighted by molar-refractivity contribution is -0.299. The van der Waals surface area contributed by atoms with E-state index in [0.717, 1.165) is 0 Å². The number of nitrogens with zero attached hydrogens (tertiary/aromatic N) is 1. The largest absolute Gasteiger partial charge is 0.459 e. The standard InChI is InChI=1S/C30H55NO11/c1-11-21-30(9,39)25(36)16(4)22(33)14(2)13-29(8,38)26(17(5)23(34)18(6)27(37)41-21)42-28-24(35)20(12-15(3)40-28)31(10)19(7)32/h14-18,20-26,28,33-36,38-39H,11-13H2,1-10H3. The average Bonchev–Trinajstić information content (AvgIpc) is 2.91. The molecule has 15 unspecified atom stereocenters. The van der Waals surface area contributed by atoms with Crippen molar-refractivity contribution in [2.75, 3.05) is 7.05 Å². The summed E-state index contributed by atoms with van der Waals surface area (Å²) < 4.78 is 17.8. The summed E-state index contributed by atoms with van der Waals surface area (Å²) in [5.74, 6) is -4.64. The Kier molecular flexibility index (Phi) is 12.4. The van der Waals surface area contributed by atoms with Crippen LogP contribution in [-0.2, 0) is 23.8 Å². The SMILES string of the molecule is CCC1OC(=O)C(C)C(O)C(C)C(OC2OC(C)CC(N(C)C(C)=O)C2O)C(C)(O)CC(C)C(O)C(C)C(O)C1(C)O. The van der Waals surface area contributed by atoms with Gasteiger partial charge in [0.05, 0.1) is 48.1 Å². The molecule has 12 nitrogen and oxygen atoms in total. The smallest absolute Gasteiger partial charge is 0.311 e. The Bertz CT molecular complexity index is 914. The highest BCUT2D eigenvalue weighted by atomic mass is 16.7. The van der Waals surface area contributed by atoms with Crippen molar-refractivity contribution in [2.24, 2.45) is 23.7 Å². The Morgan fingerprint density at radius 1 is 1.00 bits per heavy atom. The Hall–Kier alpha value is -1.38. The van der Waals surface area contributed by atoms with Crippen molar-refractivity contribution >= 4 is 11.9 Å². The van der Waals surface area contributed by atoms with Crippen LogP contribution in [0.2, 0.25) is 0 Å². The number of aliphatic hydroxyl groups is 6. The first-order chi connectivity index (χ1) is 19.2. The topological polar surface area (TPSA) is 186 Å². The van der Waals surface area contributed by atoms with E-state index in [2.05, 4.69) is 0 Å². The normalized spacial score (nSPS) is 48.2. The second kappa shape index (κ2) is 14.2. The van der Waals surface area contributed by atoms with Gasteiger partial charge >= 0.3 is 5.97 Å². The van der Waals surface area contributed by atoms with E-state index in [1.165, 1.54) is 32.6 Å². The summed E-state index contributed by atoms with van der Waals surface area (Å²) in [5, 5.41) is 68.0. The lowest BCUT2D eigenvalue weighted by Gasteiger charge is -2.47. The van der Waals surface area contributed by atoms with Crippen molar-refractivity contribution in [3.63, 3.8) is 0 Å². The van der Waals surface area contributed by atoms with Crippen LogP contribution in [0.25, 0.3) is 0 Å². The number of rotatable bonds is 4. The van der Waals surface area contributed by atoms with Crippen molar-refractivity contribution < 1.29 is 54.4 Å². The van der Waals surface area contributed by atoms with E-state index in [9.17, 15) is 40.2 Å². The Balaban J connectivity index is 2.55. The maximum atomic E-state index is 13.2. The van der Waals surface area contributed by atoms with Crippen molar-refractivity contribution in [3.8, 4) is 0 Å². The quantitative estimate of drug-likeness (QED) is 0.246. The minimum atomic E-state index is -1.91. The molecule has 0 saturated carbocycles. The fourth-order valence-corrected chi connectivity index (χ4v) is 6.69. The molecule has 2 aliphatic heterocycles. The number of hydrogen-bond acceptors (Lipinski definition) is 11. The molecule has 246 valence electrons. The zero-order valence-electron chi connectivity index (χ0n) is 26.8. The fourth-order valence-electron chi connectivity index (χ4n) is 6.69. The molecular formula is C30H55NO11. The van der Waals surface area contributed by atoms with Crippen LogP contribution < -0.4 is 0 Å². The van der Waals surface area contributed by atoms with E-state index in [0.29, 0.717) is 6.42 Å². The lowest BCUT2D eigenvalue weighted by atomic mass is 9.73. The number of esters is 1. The van der Waals surface area contributed by atoms with Gasteiger partial charge < -0.3 is 49.7 Å². The van der Waals surface area contributed by atoms with Gasteiger partial charge in [0.15, 0.2) is 6.29 Å². The summed E-state index contributed by atoms with van der Waals surface area (Å²) in [6, 6.07) is -0.629. The summed E-state index contributed by atoms with van der Waals surface area (Å²) in [6.07, 6.45) is -8.97. The molecule has 2 fully saturated rings. The summed E-state index contributed by atoms with van der Waals surface area (Å²) >= 11 is 0. The summed E-state index contributed by atoms with van der Waals surface area (Å²) in [4.78, 5) is 26.7. The second-order valence-electron chi connectivity index (χ2n) is 13.3. The van der Waals surface area contributed by atoms with E-state index in [1.54, 1.807) is 41.7 Å². The lowest BCUT2D eigenvalue weighted by Crippen LogP contribution is -2.60. The molecule has 6 N–H and O–H groups in total. The number of carbonyl (C=O) groups is 2. The molecule has 0 aromatic carbocycles. The molecule has 42 heavy (non-hydrogen) atoms. The second-order valence-corrected chi connectivity index (χ2v) is 13.3. The average molecular weight is 606 g/mol. The highest BCUT2D eigenvalue weighted by Gasteiger charge is 2.51. The zero-order chi connectivity index (χ0) is 32.5. The van der Waals surface area contributed by atoms with Gasteiger partial charge in [0.25, 0.3) is 0 Å². The highest BCUT2D eigenvalue weighted by molar-refractivity contribution is 5.73. The molecule has 0 spiro atoms.